The first-order valence-corrected chi connectivity index (χ1v) is 6.76. The molecule has 1 aliphatic carbocycles. The summed E-state index contributed by atoms with van der Waals surface area (Å²) in [5, 5.41) is 3.41. The van der Waals surface area contributed by atoms with Crippen LogP contribution in [0.15, 0.2) is 18.2 Å². The van der Waals surface area contributed by atoms with Crippen LogP contribution >= 0.6 is 0 Å². The van der Waals surface area contributed by atoms with Crippen molar-refractivity contribution in [3.63, 3.8) is 0 Å². The van der Waals surface area contributed by atoms with E-state index in [1.165, 1.54) is 44.6 Å². The quantitative estimate of drug-likeness (QED) is 0.760. The third-order valence-electron chi connectivity index (χ3n) is 3.76. The van der Waals surface area contributed by atoms with Crippen LogP contribution in [0, 0.1) is 18.7 Å². The summed E-state index contributed by atoms with van der Waals surface area (Å²) in [5.41, 5.74) is 2.08. The van der Waals surface area contributed by atoms with Crippen molar-refractivity contribution in [2.45, 2.75) is 45.4 Å². The lowest BCUT2D eigenvalue weighted by Gasteiger charge is -2.17. The van der Waals surface area contributed by atoms with Crippen LogP contribution in [-0.2, 0) is 0 Å². The first kappa shape index (κ1) is 12.4. The molecule has 1 N–H and O–H groups in total. The Morgan fingerprint density at radius 2 is 1.88 bits per heavy atom. The number of hydrogen-bond donors (Lipinski definition) is 1. The van der Waals surface area contributed by atoms with Gasteiger partial charge in [0.15, 0.2) is 0 Å². The Kier molecular flexibility index (Phi) is 4.41. The second-order valence-corrected chi connectivity index (χ2v) is 5.20. The SMILES string of the molecule is Cc1ccc(F)cc1NCC1CCCCCC1. The fourth-order valence-electron chi connectivity index (χ4n) is 2.61. The van der Waals surface area contributed by atoms with Crippen LogP contribution < -0.4 is 5.32 Å². The van der Waals surface area contributed by atoms with E-state index < -0.39 is 0 Å². The van der Waals surface area contributed by atoms with Crippen LogP contribution in [-0.4, -0.2) is 6.54 Å². The molecule has 2 heteroatoms. The molecule has 1 aliphatic rings. The fraction of sp³-hybridized carbons (Fsp3) is 0.600. The molecule has 94 valence electrons. The van der Waals surface area contributed by atoms with Crippen molar-refractivity contribution in [3.05, 3.63) is 29.6 Å². The number of hydrogen-bond acceptors (Lipinski definition) is 1. The maximum Gasteiger partial charge on any atom is 0.125 e. The summed E-state index contributed by atoms with van der Waals surface area (Å²) in [6, 6.07) is 4.96. The van der Waals surface area contributed by atoms with E-state index in [0.29, 0.717) is 0 Å². The summed E-state index contributed by atoms with van der Waals surface area (Å²) < 4.78 is 13.1. The van der Waals surface area contributed by atoms with E-state index in [1.807, 2.05) is 13.0 Å². The van der Waals surface area contributed by atoms with Crippen molar-refractivity contribution < 1.29 is 4.39 Å². The van der Waals surface area contributed by atoms with Crippen LogP contribution in [0.4, 0.5) is 10.1 Å². The molecule has 0 saturated heterocycles. The number of benzene rings is 1. The minimum Gasteiger partial charge on any atom is -0.384 e. The van der Waals surface area contributed by atoms with Gasteiger partial charge >= 0.3 is 0 Å². The Morgan fingerprint density at radius 3 is 2.59 bits per heavy atom. The number of aryl methyl sites for hydroxylation is 1. The van der Waals surface area contributed by atoms with Gasteiger partial charge in [-0.15, -0.1) is 0 Å². The molecule has 1 fully saturated rings. The Labute approximate surface area is 103 Å². The first-order valence-electron chi connectivity index (χ1n) is 6.76. The standard InChI is InChI=1S/C15H22FN/c1-12-8-9-14(16)10-15(12)17-11-13-6-4-2-3-5-7-13/h8-10,13,17H,2-7,11H2,1H3. The lowest BCUT2D eigenvalue weighted by molar-refractivity contribution is 0.483. The van der Waals surface area contributed by atoms with Gasteiger partial charge in [0.25, 0.3) is 0 Å². The van der Waals surface area contributed by atoms with Gasteiger partial charge in [-0.25, -0.2) is 4.39 Å². The number of anilines is 1. The molecule has 1 aromatic rings. The van der Waals surface area contributed by atoms with Crippen molar-refractivity contribution in [2.24, 2.45) is 5.92 Å². The van der Waals surface area contributed by atoms with Gasteiger partial charge < -0.3 is 5.32 Å². The summed E-state index contributed by atoms with van der Waals surface area (Å²) in [7, 11) is 0. The minimum atomic E-state index is -0.154. The normalized spacial score (nSPS) is 17.8. The van der Waals surface area contributed by atoms with Crippen LogP contribution in [0.5, 0.6) is 0 Å². The molecule has 0 aromatic heterocycles. The maximum atomic E-state index is 13.1. The maximum absolute atomic E-state index is 13.1. The first-order chi connectivity index (χ1) is 8.25. The second-order valence-electron chi connectivity index (χ2n) is 5.20. The molecule has 2 rings (SSSR count). The third kappa shape index (κ3) is 3.72. The summed E-state index contributed by atoms with van der Waals surface area (Å²) in [6.07, 6.45) is 8.12. The van der Waals surface area contributed by atoms with E-state index in [9.17, 15) is 4.39 Å². The van der Waals surface area contributed by atoms with Gasteiger partial charge in [0.1, 0.15) is 5.82 Å². The lowest BCUT2D eigenvalue weighted by Crippen LogP contribution is -2.14. The highest BCUT2D eigenvalue weighted by Gasteiger charge is 2.12. The highest BCUT2D eigenvalue weighted by molar-refractivity contribution is 5.50. The molecule has 0 aliphatic heterocycles. The van der Waals surface area contributed by atoms with E-state index in [0.717, 1.165) is 23.7 Å². The Bertz CT molecular complexity index is 354. The summed E-state index contributed by atoms with van der Waals surface area (Å²) >= 11 is 0. The Morgan fingerprint density at radius 1 is 1.18 bits per heavy atom. The monoisotopic (exact) mass is 235 g/mol. The minimum absolute atomic E-state index is 0.154. The van der Waals surface area contributed by atoms with Crippen molar-refractivity contribution in [1.29, 1.82) is 0 Å². The van der Waals surface area contributed by atoms with Gasteiger partial charge in [0, 0.05) is 12.2 Å². The van der Waals surface area contributed by atoms with Crippen molar-refractivity contribution in [1.82, 2.24) is 0 Å². The molecule has 0 amide bonds. The molecule has 1 saturated carbocycles. The third-order valence-corrected chi connectivity index (χ3v) is 3.76. The van der Waals surface area contributed by atoms with E-state index in [1.54, 1.807) is 6.07 Å². The van der Waals surface area contributed by atoms with E-state index >= 15 is 0 Å². The van der Waals surface area contributed by atoms with Gasteiger partial charge in [-0.1, -0.05) is 31.7 Å². The molecular formula is C15H22FN. The highest BCUT2D eigenvalue weighted by Crippen LogP contribution is 2.24. The van der Waals surface area contributed by atoms with Gasteiger partial charge in [-0.3, -0.25) is 0 Å². The topological polar surface area (TPSA) is 12.0 Å². The highest BCUT2D eigenvalue weighted by atomic mass is 19.1. The number of halogens is 1. The second kappa shape index (κ2) is 6.04. The van der Waals surface area contributed by atoms with Crippen LogP contribution in [0.1, 0.15) is 44.1 Å². The van der Waals surface area contributed by atoms with Crippen molar-refractivity contribution in [2.75, 3.05) is 11.9 Å². The molecule has 1 nitrogen and oxygen atoms in total. The zero-order valence-electron chi connectivity index (χ0n) is 10.6. The van der Waals surface area contributed by atoms with Gasteiger partial charge in [-0.05, 0) is 43.4 Å². The van der Waals surface area contributed by atoms with Gasteiger partial charge in [-0.2, -0.15) is 0 Å². The summed E-state index contributed by atoms with van der Waals surface area (Å²) in [6.45, 7) is 3.01. The van der Waals surface area contributed by atoms with Crippen LogP contribution in [0.2, 0.25) is 0 Å². The largest absolute Gasteiger partial charge is 0.384 e. The molecule has 0 radical (unpaired) electrons. The van der Waals surface area contributed by atoms with E-state index in [-0.39, 0.29) is 5.82 Å². The zero-order chi connectivity index (χ0) is 12.1. The van der Waals surface area contributed by atoms with Gasteiger partial charge in [0.2, 0.25) is 0 Å². The Balaban J connectivity index is 1.89. The van der Waals surface area contributed by atoms with E-state index in [4.69, 9.17) is 0 Å². The Hall–Kier alpha value is -1.05. The summed E-state index contributed by atoms with van der Waals surface area (Å²) in [4.78, 5) is 0. The number of rotatable bonds is 3. The van der Waals surface area contributed by atoms with Crippen molar-refractivity contribution >= 4 is 5.69 Å². The summed E-state index contributed by atoms with van der Waals surface area (Å²) in [5.74, 6) is 0.610. The smallest absolute Gasteiger partial charge is 0.125 e. The molecular weight excluding hydrogens is 213 g/mol. The average molecular weight is 235 g/mol. The zero-order valence-corrected chi connectivity index (χ0v) is 10.6. The van der Waals surface area contributed by atoms with Crippen LogP contribution in [0.3, 0.4) is 0 Å². The fourth-order valence-corrected chi connectivity index (χ4v) is 2.61. The molecule has 0 unspecified atom stereocenters. The van der Waals surface area contributed by atoms with E-state index in [2.05, 4.69) is 5.32 Å². The van der Waals surface area contributed by atoms with Crippen LogP contribution in [0.25, 0.3) is 0 Å². The lowest BCUT2D eigenvalue weighted by atomic mass is 10.0. The predicted molar refractivity (Wildman–Crippen MR) is 70.8 cm³/mol. The van der Waals surface area contributed by atoms with Crippen molar-refractivity contribution in [3.8, 4) is 0 Å². The van der Waals surface area contributed by atoms with Gasteiger partial charge in [0.05, 0.1) is 0 Å². The molecule has 17 heavy (non-hydrogen) atoms. The average Bonchev–Trinajstić information content (AvgIpc) is 2.59. The molecule has 0 heterocycles. The molecule has 0 bridgehead atoms. The molecule has 0 spiro atoms. The molecule has 1 aromatic carbocycles. The predicted octanol–water partition coefficient (Wildman–Crippen LogP) is 4.52. The number of nitrogens with one attached hydrogen (secondary N) is 1. The molecule has 0 atom stereocenters.